The number of anilines is 1. The summed E-state index contributed by atoms with van der Waals surface area (Å²) in [6, 6.07) is 7.13. The van der Waals surface area contributed by atoms with E-state index in [9.17, 15) is 9.59 Å². The van der Waals surface area contributed by atoms with Crippen molar-refractivity contribution in [2.24, 2.45) is 0 Å². The molecule has 1 N–H and O–H groups in total. The second kappa shape index (κ2) is 8.24. The van der Waals surface area contributed by atoms with Gasteiger partial charge in [-0.3, -0.25) is 10.1 Å². The molecule has 0 aliphatic heterocycles. The lowest BCUT2D eigenvalue weighted by Crippen LogP contribution is -2.28. The summed E-state index contributed by atoms with van der Waals surface area (Å²) in [6.07, 6.45) is -0.238. The van der Waals surface area contributed by atoms with Crippen LogP contribution in [0.3, 0.4) is 0 Å². The maximum absolute atomic E-state index is 12.5. The first-order valence-corrected chi connectivity index (χ1v) is 8.80. The number of hydrogen-bond donors (Lipinski definition) is 1. The van der Waals surface area contributed by atoms with Gasteiger partial charge in [-0.25, -0.2) is 4.79 Å². The molecule has 27 heavy (non-hydrogen) atoms. The van der Waals surface area contributed by atoms with Crippen LogP contribution in [-0.4, -0.2) is 34.7 Å². The van der Waals surface area contributed by atoms with E-state index in [0.29, 0.717) is 12.2 Å². The van der Waals surface area contributed by atoms with Gasteiger partial charge in [0, 0.05) is 18.3 Å². The summed E-state index contributed by atoms with van der Waals surface area (Å²) in [5, 5.41) is 6.58. The topological polar surface area (TPSA) is 84.7 Å². The molecule has 0 aliphatic rings. The molecular weight excluding hydrogens is 346 g/mol. The first kappa shape index (κ1) is 20.5. The highest BCUT2D eigenvalue weighted by molar-refractivity contribution is 5.85. The first-order valence-electron chi connectivity index (χ1n) is 8.80. The third-order valence-corrected chi connectivity index (χ3v) is 3.96. The first-order chi connectivity index (χ1) is 12.5. The van der Waals surface area contributed by atoms with E-state index in [0.717, 1.165) is 22.6 Å². The fraction of sp³-hybridized carbons (Fsp3) is 0.450. The molecule has 0 aliphatic carbocycles. The van der Waals surface area contributed by atoms with E-state index >= 15 is 0 Å². The van der Waals surface area contributed by atoms with E-state index in [1.165, 1.54) is 0 Å². The van der Waals surface area contributed by atoms with Crippen LogP contribution >= 0.6 is 0 Å². The number of rotatable bonds is 5. The number of likely N-dealkylation sites (N-methyl/N-ethyl adjacent to an activating group) is 1. The number of ether oxygens (including phenoxy) is 1. The smallest absolute Gasteiger partial charge is 0.412 e. The van der Waals surface area contributed by atoms with Gasteiger partial charge in [-0.2, -0.15) is 0 Å². The van der Waals surface area contributed by atoms with E-state index in [4.69, 9.17) is 9.26 Å². The Kier molecular flexibility index (Phi) is 6.25. The zero-order chi connectivity index (χ0) is 20.2. The van der Waals surface area contributed by atoms with Crippen molar-refractivity contribution in [1.82, 2.24) is 10.1 Å². The highest BCUT2D eigenvalue weighted by Gasteiger charge is 2.17. The van der Waals surface area contributed by atoms with Crippen molar-refractivity contribution >= 4 is 17.7 Å². The van der Waals surface area contributed by atoms with Crippen molar-refractivity contribution in [3.05, 3.63) is 46.8 Å². The number of hydrogen-bond acceptors (Lipinski definition) is 5. The molecule has 0 saturated heterocycles. The van der Waals surface area contributed by atoms with Gasteiger partial charge in [0.2, 0.25) is 5.91 Å². The molecule has 2 rings (SSSR count). The standard InChI is InChI=1S/C20H27N3O4/c1-13-17(14(2)27-22-13)12-23(6)18(24)11-15-7-9-16(10-8-15)21-19(25)26-20(3,4)5/h7-10H,11-12H2,1-6H3,(H,21,25). The van der Waals surface area contributed by atoms with E-state index < -0.39 is 11.7 Å². The molecule has 2 aromatic rings. The van der Waals surface area contributed by atoms with Crippen molar-refractivity contribution in [2.45, 2.75) is 53.2 Å². The van der Waals surface area contributed by atoms with Gasteiger partial charge >= 0.3 is 6.09 Å². The Morgan fingerprint density at radius 1 is 1.19 bits per heavy atom. The molecule has 7 nitrogen and oxygen atoms in total. The average molecular weight is 373 g/mol. The van der Waals surface area contributed by atoms with Crippen LogP contribution in [0.2, 0.25) is 0 Å². The quantitative estimate of drug-likeness (QED) is 0.861. The molecule has 1 aromatic heterocycles. The predicted octanol–water partition coefficient (Wildman–Crippen LogP) is 3.84. The number of carbonyl (C=O) groups excluding carboxylic acids is 2. The van der Waals surface area contributed by atoms with Crippen LogP contribution in [0.1, 0.15) is 43.4 Å². The van der Waals surface area contributed by atoms with E-state index in [1.54, 1.807) is 44.9 Å². The number of nitrogens with one attached hydrogen (secondary N) is 1. The fourth-order valence-electron chi connectivity index (χ4n) is 2.49. The molecular formula is C20H27N3O4. The Balaban J connectivity index is 1.91. The van der Waals surface area contributed by atoms with Crippen molar-refractivity contribution in [3.8, 4) is 0 Å². The molecule has 1 heterocycles. The van der Waals surface area contributed by atoms with Crippen LogP contribution in [0.15, 0.2) is 28.8 Å². The number of aryl methyl sites for hydroxylation is 2. The number of carbonyl (C=O) groups is 2. The fourth-order valence-corrected chi connectivity index (χ4v) is 2.49. The van der Waals surface area contributed by atoms with Crippen molar-refractivity contribution in [2.75, 3.05) is 12.4 Å². The second-order valence-corrected chi connectivity index (χ2v) is 7.55. The minimum atomic E-state index is -0.553. The number of benzene rings is 1. The number of nitrogens with zero attached hydrogens (tertiary/aromatic N) is 2. The highest BCUT2D eigenvalue weighted by Crippen LogP contribution is 2.16. The average Bonchev–Trinajstić information content (AvgIpc) is 2.86. The van der Waals surface area contributed by atoms with Crippen molar-refractivity contribution < 1.29 is 18.8 Å². The molecule has 0 atom stereocenters. The summed E-state index contributed by atoms with van der Waals surface area (Å²) < 4.78 is 10.3. The van der Waals surface area contributed by atoms with Crippen molar-refractivity contribution in [1.29, 1.82) is 0 Å². The third-order valence-electron chi connectivity index (χ3n) is 3.96. The zero-order valence-electron chi connectivity index (χ0n) is 16.8. The molecule has 0 unspecified atom stereocenters. The zero-order valence-corrected chi connectivity index (χ0v) is 16.8. The molecule has 1 aromatic carbocycles. The van der Waals surface area contributed by atoms with Crippen LogP contribution < -0.4 is 5.32 Å². The lowest BCUT2D eigenvalue weighted by molar-refractivity contribution is -0.129. The second-order valence-electron chi connectivity index (χ2n) is 7.55. The minimum absolute atomic E-state index is 0.0112. The minimum Gasteiger partial charge on any atom is -0.444 e. The SMILES string of the molecule is Cc1noc(C)c1CN(C)C(=O)Cc1ccc(NC(=O)OC(C)(C)C)cc1. The summed E-state index contributed by atoms with van der Waals surface area (Å²) in [7, 11) is 1.76. The Morgan fingerprint density at radius 3 is 2.33 bits per heavy atom. The van der Waals surface area contributed by atoms with Crippen LogP contribution in [0.4, 0.5) is 10.5 Å². The Hall–Kier alpha value is -2.83. The van der Waals surface area contributed by atoms with Crippen LogP contribution in [0, 0.1) is 13.8 Å². The number of amides is 2. The molecule has 0 fully saturated rings. The lowest BCUT2D eigenvalue weighted by atomic mass is 10.1. The van der Waals surface area contributed by atoms with Gasteiger partial charge in [0.25, 0.3) is 0 Å². The van der Waals surface area contributed by atoms with E-state index in [2.05, 4.69) is 10.5 Å². The molecule has 146 valence electrons. The summed E-state index contributed by atoms with van der Waals surface area (Å²) >= 11 is 0. The van der Waals surface area contributed by atoms with Crippen LogP contribution in [0.25, 0.3) is 0 Å². The third kappa shape index (κ3) is 6.13. The van der Waals surface area contributed by atoms with Gasteiger partial charge in [0.15, 0.2) is 0 Å². The molecule has 0 bridgehead atoms. The molecule has 2 amide bonds. The van der Waals surface area contributed by atoms with E-state index in [1.807, 2.05) is 26.0 Å². The maximum Gasteiger partial charge on any atom is 0.412 e. The van der Waals surface area contributed by atoms with E-state index in [-0.39, 0.29) is 12.3 Å². The van der Waals surface area contributed by atoms with Gasteiger partial charge in [-0.1, -0.05) is 17.3 Å². The molecule has 0 spiro atoms. The summed E-state index contributed by atoms with van der Waals surface area (Å²) in [5.41, 5.74) is 2.65. The maximum atomic E-state index is 12.5. The van der Waals surface area contributed by atoms with Crippen LogP contribution in [0.5, 0.6) is 0 Å². The Labute approximate surface area is 159 Å². The normalized spacial score (nSPS) is 11.2. The monoisotopic (exact) mass is 373 g/mol. The molecule has 0 saturated carbocycles. The Morgan fingerprint density at radius 2 is 1.81 bits per heavy atom. The van der Waals surface area contributed by atoms with Crippen molar-refractivity contribution in [3.63, 3.8) is 0 Å². The summed E-state index contributed by atoms with van der Waals surface area (Å²) in [6.45, 7) is 9.57. The van der Waals surface area contributed by atoms with Crippen LogP contribution in [-0.2, 0) is 22.5 Å². The highest BCUT2D eigenvalue weighted by atomic mass is 16.6. The van der Waals surface area contributed by atoms with Gasteiger partial charge in [-0.15, -0.1) is 0 Å². The van der Waals surface area contributed by atoms with Gasteiger partial charge in [0.05, 0.1) is 18.7 Å². The lowest BCUT2D eigenvalue weighted by Gasteiger charge is -2.20. The molecule has 7 heteroatoms. The van der Waals surface area contributed by atoms with Gasteiger partial charge < -0.3 is 14.2 Å². The number of aromatic nitrogens is 1. The molecule has 0 radical (unpaired) electrons. The largest absolute Gasteiger partial charge is 0.444 e. The Bertz CT molecular complexity index is 784. The predicted molar refractivity (Wildman–Crippen MR) is 102 cm³/mol. The van der Waals surface area contributed by atoms with Gasteiger partial charge in [0.1, 0.15) is 11.4 Å². The summed E-state index contributed by atoms with van der Waals surface area (Å²) in [5.74, 6) is 0.715. The summed E-state index contributed by atoms with van der Waals surface area (Å²) in [4.78, 5) is 25.9. The van der Waals surface area contributed by atoms with Gasteiger partial charge in [-0.05, 0) is 52.3 Å².